The molecule has 0 aliphatic rings. The Morgan fingerprint density at radius 3 is 2.56 bits per heavy atom. The number of carbonyl (C=O) groups excluding carboxylic acids is 1. The van der Waals surface area contributed by atoms with Crippen molar-refractivity contribution in [3.8, 4) is 16.5 Å². The quantitative estimate of drug-likeness (QED) is 0.472. The molecule has 0 fully saturated rings. The van der Waals surface area contributed by atoms with Crippen molar-refractivity contribution in [1.29, 1.82) is 0 Å². The third-order valence-electron chi connectivity index (χ3n) is 3.53. The van der Waals surface area contributed by atoms with Gasteiger partial charge in [0, 0.05) is 5.56 Å². The number of Topliss-reactive ketones (excluding diaryl/α,β-unsaturated/α-hetero) is 1. The number of ether oxygens (including phenoxy) is 1. The maximum atomic E-state index is 12.5. The zero-order valence-corrected chi connectivity index (χ0v) is 15.9. The maximum Gasteiger partial charge on any atom is 0.277 e. The molecule has 25 heavy (non-hydrogen) atoms. The molecular formula is C17H17N3O3S2. The summed E-state index contributed by atoms with van der Waals surface area (Å²) in [5.74, 6) is 1.15. The Morgan fingerprint density at radius 2 is 1.96 bits per heavy atom. The molecule has 0 aliphatic carbocycles. The molecule has 0 amide bonds. The number of thioether (sulfide) groups is 1. The van der Waals surface area contributed by atoms with Gasteiger partial charge in [0.15, 0.2) is 5.78 Å². The Kier molecular flexibility index (Phi) is 5.19. The van der Waals surface area contributed by atoms with Crippen LogP contribution in [-0.4, -0.2) is 33.3 Å². The number of benzene rings is 1. The van der Waals surface area contributed by atoms with Crippen LogP contribution < -0.4 is 4.74 Å². The zero-order valence-electron chi connectivity index (χ0n) is 14.3. The van der Waals surface area contributed by atoms with Crippen LogP contribution >= 0.6 is 23.1 Å². The van der Waals surface area contributed by atoms with E-state index in [2.05, 4.69) is 15.2 Å². The lowest BCUT2D eigenvalue weighted by atomic mass is 10.1. The number of aryl methyl sites for hydroxylation is 2. The minimum absolute atomic E-state index is 0.00258. The van der Waals surface area contributed by atoms with Crippen molar-refractivity contribution >= 4 is 28.9 Å². The Balaban J connectivity index is 1.71. The molecule has 0 spiro atoms. The molecule has 0 bridgehead atoms. The molecule has 0 saturated heterocycles. The van der Waals surface area contributed by atoms with Gasteiger partial charge in [-0.1, -0.05) is 11.8 Å². The van der Waals surface area contributed by atoms with Gasteiger partial charge in [-0.25, -0.2) is 4.98 Å². The summed E-state index contributed by atoms with van der Waals surface area (Å²) in [6.07, 6.45) is 0. The first-order valence-electron chi connectivity index (χ1n) is 7.60. The van der Waals surface area contributed by atoms with Crippen molar-refractivity contribution in [1.82, 2.24) is 15.2 Å². The maximum absolute atomic E-state index is 12.5. The molecule has 0 radical (unpaired) electrons. The second kappa shape index (κ2) is 7.37. The number of hydrogen-bond acceptors (Lipinski definition) is 8. The molecule has 0 N–H and O–H groups in total. The van der Waals surface area contributed by atoms with Gasteiger partial charge in [-0.2, -0.15) is 0 Å². The number of rotatable bonds is 6. The van der Waals surface area contributed by atoms with Gasteiger partial charge >= 0.3 is 0 Å². The number of hydrogen-bond donors (Lipinski definition) is 0. The summed E-state index contributed by atoms with van der Waals surface area (Å²) < 4.78 is 10.8. The number of thiazole rings is 1. The second-order valence-electron chi connectivity index (χ2n) is 5.37. The zero-order chi connectivity index (χ0) is 18.0. The molecule has 3 aromatic rings. The van der Waals surface area contributed by atoms with Crippen molar-refractivity contribution in [3.63, 3.8) is 0 Å². The summed E-state index contributed by atoms with van der Waals surface area (Å²) in [7, 11) is 1.59. The van der Waals surface area contributed by atoms with E-state index in [1.54, 1.807) is 31.4 Å². The van der Waals surface area contributed by atoms with Crippen molar-refractivity contribution in [2.45, 2.75) is 31.2 Å². The van der Waals surface area contributed by atoms with E-state index in [1.807, 2.05) is 20.8 Å². The number of carbonyl (C=O) groups is 1. The second-order valence-corrected chi connectivity index (χ2v) is 7.87. The molecule has 1 atom stereocenters. The summed E-state index contributed by atoms with van der Waals surface area (Å²) in [4.78, 5) is 17.7. The highest BCUT2D eigenvalue weighted by Gasteiger charge is 2.21. The lowest BCUT2D eigenvalue weighted by molar-refractivity contribution is 0.0993. The van der Waals surface area contributed by atoms with E-state index in [-0.39, 0.29) is 11.0 Å². The fraction of sp³-hybridized carbons (Fsp3) is 0.294. The van der Waals surface area contributed by atoms with E-state index in [0.29, 0.717) is 22.4 Å². The van der Waals surface area contributed by atoms with Crippen LogP contribution in [0.5, 0.6) is 5.75 Å². The third-order valence-corrected chi connectivity index (χ3v) is 5.52. The van der Waals surface area contributed by atoms with Crippen LogP contribution in [0.1, 0.15) is 28.0 Å². The van der Waals surface area contributed by atoms with E-state index < -0.39 is 0 Å². The smallest absolute Gasteiger partial charge is 0.277 e. The lowest BCUT2D eigenvalue weighted by Crippen LogP contribution is -2.13. The molecule has 2 heterocycles. The number of nitrogens with zero attached hydrogens (tertiary/aromatic N) is 3. The summed E-state index contributed by atoms with van der Waals surface area (Å²) >= 11 is 2.76. The van der Waals surface area contributed by atoms with Gasteiger partial charge in [0.1, 0.15) is 10.6 Å². The third kappa shape index (κ3) is 3.91. The lowest BCUT2D eigenvalue weighted by Gasteiger charge is -2.08. The monoisotopic (exact) mass is 375 g/mol. The minimum atomic E-state index is -0.342. The first-order chi connectivity index (χ1) is 12.0. The number of methoxy groups -OCH3 is 1. The highest BCUT2D eigenvalue weighted by atomic mass is 32.2. The summed E-state index contributed by atoms with van der Waals surface area (Å²) in [5, 5.41) is 9.09. The van der Waals surface area contributed by atoms with E-state index >= 15 is 0 Å². The van der Waals surface area contributed by atoms with Crippen LogP contribution in [0.25, 0.3) is 10.8 Å². The van der Waals surface area contributed by atoms with Gasteiger partial charge in [-0.15, -0.1) is 21.5 Å². The number of ketones is 1. The van der Waals surface area contributed by atoms with Crippen molar-refractivity contribution in [2.24, 2.45) is 0 Å². The SMILES string of the molecule is COc1ccc(C(=O)C(C)Sc2nnc(-c3sc(C)nc3C)o2)cc1. The predicted octanol–water partition coefficient (Wildman–Crippen LogP) is 4.18. The van der Waals surface area contributed by atoms with Gasteiger partial charge in [0.2, 0.25) is 0 Å². The standard InChI is InChI=1S/C17H17N3O3S2/c1-9-15(25-11(3)18-9)16-19-20-17(23-16)24-10(2)14(21)12-5-7-13(22-4)8-6-12/h5-8,10H,1-4H3. The van der Waals surface area contributed by atoms with Gasteiger partial charge in [0.25, 0.3) is 11.1 Å². The Labute approximate surface area is 153 Å². The molecule has 130 valence electrons. The molecule has 0 saturated carbocycles. The van der Waals surface area contributed by atoms with E-state index in [9.17, 15) is 4.79 Å². The van der Waals surface area contributed by atoms with Crippen LogP contribution in [0.4, 0.5) is 0 Å². The van der Waals surface area contributed by atoms with Crippen molar-refractivity contribution in [3.05, 3.63) is 40.5 Å². The molecule has 0 aliphatic heterocycles. The number of aromatic nitrogens is 3. The van der Waals surface area contributed by atoms with Crippen molar-refractivity contribution in [2.75, 3.05) is 7.11 Å². The predicted molar refractivity (Wildman–Crippen MR) is 97.5 cm³/mol. The summed E-state index contributed by atoms with van der Waals surface area (Å²) in [5.41, 5.74) is 1.49. The average molecular weight is 375 g/mol. The first-order valence-corrected chi connectivity index (χ1v) is 9.30. The first kappa shape index (κ1) is 17.6. The van der Waals surface area contributed by atoms with Gasteiger partial charge < -0.3 is 9.15 Å². The van der Waals surface area contributed by atoms with E-state index in [4.69, 9.17) is 9.15 Å². The molecular weight excluding hydrogens is 358 g/mol. The fourth-order valence-corrected chi connectivity index (χ4v) is 3.88. The highest BCUT2D eigenvalue weighted by Crippen LogP contribution is 2.32. The summed E-state index contributed by atoms with van der Waals surface area (Å²) in [6, 6.07) is 7.04. The molecule has 3 rings (SSSR count). The normalized spacial score (nSPS) is 12.2. The molecule has 6 nitrogen and oxygen atoms in total. The van der Waals surface area contributed by atoms with Gasteiger partial charge in [-0.05, 0) is 45.0 Å². The van der Waals surface area contributed by atoms with Crippen LogP contribution in [0, 0.1) is 13.8 Å². The van der Waals surface area contributed by atoms with Crippen LogP contribution in [0.15, 0.2) is 33.9 Å². The largest absolute Gasteiger partial charge is 0.497 e. The van der Waals surface area contributed by atoms with E-state index in [0.717, 1.165) is 15.6 Å². The molecule has 2 aromatic heterocycles. The Bertz CT molecular complexity index is 887. The van der Waals surface area contributed by atoms with Crippen LogP contribution in [0.2, 0.25) is 0 Å². The molecule has 8 heteroatoms. The Hall–Kier alpha value is -2.19. The minimum Gasteiger partial charge on any atom is -0.497 e. The van der Waals surface area contributed by atoms with E-state index in [1.165, 1.54) is 23.1 Å². The van der Waals surface area contributed by atoms with Gasteiger partial charge in [0.05, 0.1) is 23.1 Å². The van der Waals surface area contributed by atoms with Crippen molar-refractivity contribution < 1.29 is 13.9 Å². The fourth-order valence-electron chi connectivity index (χ4n) is 2.27. The molecule has 1 unspecified atom stereocenters. The Morgan fingerprint density at radius 1 is 1.24 bits per heavy atom. The topological polar surface area (TPSA) is 78.1 Å². The average Bonchev–Trinajstić information content (AvgIpc) is 3.20. The summed E-state index contributed by atoms with van der Waals surface area (Å²) in [6.45, 7) is 5.66. The van der Waals surface area contributed by atoms with Crippen LogP contribution in [0.3, 0.4) is 0 Å². The van der Waals surface area contributed by atoms with Crippen LogP contribution in [-0.2, 0) is 0 Å². The highest BCUT2D eigenvalue weighted by molar-refractivity contribution is 8.00. The molecule has 1 aromatic carbocycles. The van der Waals surface area contributed by atoms with Gasteiger partial charge in [-0.3, -0.25) is 4.79 Å².